The highest BCUT2D eigenvalue weighted by Crippen LogP contribution is 2.22. The van der Waals surface area contributed by atoms with Crippen LogP contribution in [0.2, 0.25) is 0 Å². The van der Waals surface area contributed by atoms with Gasteiger partial charge in [0.05, 0.1) is 22.0 Å². The topological polar surface area (TPSA) is 94.8 Å². The van der Waals surface area contributed by atoms with E-state index in [9.17, 15) is 13.2 Å². The molecule has 8 heteroatoms. The van der Waals surface area contributed by atoms with Gasteiger partial charge < -0.3 is 9.97 Å². The van der Waals surface area contributed by atoms with Gasteiger partial charge in [-0.25, -0.2) is 17.9 Å². The van der Waals surface area contributed by atoms with Crippen LogP contribution in [-0.2, 0) is 10.0 Å². The molecule has 0 saturated heterocycles. The minimum absolute atomic E-state index is 0.119. The van der Waals surface area contributed by atoms with E-state index in [1.807, 2.05) is 17.5 Å². The Hall–Kier alpha value is -1.90. The van der Waals surface area contributed by atoms with Crippen molar-refractivity contribution in [1.29, 1.82) is 0 Å². The Morgan fingerprint density at radius 3 is 2.67 bits per heavy atom. The number of hydrogen-bond acceptors (Lipinski definition) is 4. The lowest BCUT2D eigenvalue weighted by molar-refractivity contribution is 0.568. The molecular weight excluding hydrogens is 310 g/mol. The second-order valence-corrected chi connectivity index (χ2v) is 7.34. The Labute approximate surface area is 124 Å². The summed E-state index contributed by atoms with van der Waals surface area (Å²) in [6, 6.07) is 7.92. The fourth-order valence-corrected chi connectivity index (χ4v) is 4.13. The number of sulfonamides is 1. The summed E-state index contributed by atoms with van der Waals surface area (Å²) in [6.45, 7) is 1.79. The van der Waals surface area contributed by atoms with Crippen molar-refractivity contribution >= 4 is 32.4 Å². The second-order valence-electron chi connectivity index (χ2n) is 4.64. The lowest BCUT2D eigenvalue weighted by Gasteiger charge is -2.12. The first-order valence-electron chi connectivity index (χ1n) is 6.23. The summed E-state index contributed by atoms with van der Waals surface area (Å²) < 4.78 is 27.4. The maximum Gasteiger partial charge on any atom is 0.323 e. The Morgan fingerprint density at radius 1 is 1.19 bits per heavy atom. The van der Waals surface area contributed by atoms with E-state index in [2.05, 4.69) is 14.7 Å². The first kappa shape index (κ1) is 14.1. The van der Waals surface area contributed by atoms with Gasteiger partial charge in [0.2, 0.25) is 10.0 Å². The highest BCUT2D eigenvalue weighted by atomic mass is 32.2. The van der Waals surface area contributed by atoms with Crippen LogP contribution in [-0.4, -0.2) is 18.4 Å². The van der Waals surface area contributed by atoms with Crippen LogP contribution in [0.3, 0.4) is 0 Å². The van der Waals surface area contributed by atoms with E-state index in [1.54, 1.807) is 13.0 Å². The van der Waals surface area contributed by atoms with Crippen molar-refractivity contribution in [3.8, 4) is 0 Å². The molecule has 2 aromatic heterocycles. The van der Waals surface area contributed by atoms with Gasteiger partial charge in [0, 0.05) is 4.88 Å². The third kappa shape index (κ3) is 2.78. The van der Waals surface area contributed by atoms with Gasteiger partial charge in [-0.15, -0.1) is 11.3 Å². The molecule has 0 amide bonds. The number of aromatic amines is 2. The van der Waals surface area contributed by atoms with Gasteiger partial charge in [0.15, 0.2) is 0 Å². The third-order valence-corrected chi connectivity index (χ3v) is 5.69. The van der Waals surface area contributed by atoms with Gasteiger partial charge in [0.25, 0.3) is 0 Å². The van der Waals surface area contributed by atoms with Crippen LogP contribution in [0.5, 0.6) is 0 Å². The number of H-pyrrole nitrogens is 2. The van der Waals surface area contributed by atoms with Crippen LogP contribution in [0.15, 0.2) is 45.4 Å². The predicted molar refractivity (Wildman–Crippen MR) is 82.0 cm³/mol. The van der Waals surface area contributed by atoms with E-state index in [1.165, 1.54) is 23.5 Å². The van der Waals surface area contributed by atoms with E-state index in [0.29, 0.717) is 11.0 Å². The highest BCUT2D eigenvalue weighted by molar-refractivity contribution is 7.89. The molecule has 0 saturated carbocycles. The molecule has 3 N–H and O–H groups in total. The summed E-state index contributed by atoms with van der Waals surface area (Å²) in [5.74, 6) is 0. The van der Waals surface area contributed by atoms with Gasteiger partial charge >= 0.3 is 5.69 Å². The standard InChI is InChI=1S/C13H13N3O3S2/c1-8(12-3-2-6-20-12)16-21(18,19)9-4-5-10-11(7-9)15-13(17)14-10/h2-8,16H,1H3,(H2,14,15,17)/t8-/m0/s1. The molecule has 0 radical (unpaired) electrons. The van der Waals surface area contributed by atoms with Crippen molar-refractivity contribution in [2.45, 2.75) is 17.9 Å². The molecular formula is C13H13N3O3S2. The van der Waals surface area contributed by atoms with E-state index in [0.717, 1.165) is 4.88 Å². The number of fused-ring (bicyclic) bond motifs is 1. The van der Waals surface area contributed by atoms with Crippen LogP contribution in [0.4, 0.5) is 0 Å². The molecule has 3 rings (SSSR count). The van der Waals surface area contributed by atoms with Crippen LogP contribution < -0.4 is 10.4 Å². The summed E-state index contributed by atoms with van der Waals surface area (Å²) in [5.41, 5.74) is 0.677. The van der Waals surface area contributed by atoms with Crippen LogP contribution in [0.1, 0.15) is 17.8 Å². The van der Waals surface area contributed by atoms with Crippen molar-refractivity contribution in [3.05, 3.63) is 51.1 Å². The molecule has 1 atom stereocenters. The van der Waals surface area contributed by atoms with Crippen molar-refractivity contribution in [3.63, 3.8) is 0 Å². The van der Waals surface area contributed by atoms with Gasteiger partial charge in [-0.3, -0.25) is 0 Å². The van der Waals surface area contributed by atoms with Gasteiger partial charge in [-0.2, -0.15) is 0 Å². The maximum absolute atomic E-state index is 12.4. The van der Waals surface area contributed by atoms with Crippen LogP contribution in [0.25, 0.3) is 11.0 Å². The zero-order chi connectivity index (χ0) is 15.0. The molecule has 110 valence electrons. The molecule has 3 aromatic rings. The zero-order valence-corrected chi connectivity index (χ0v) is 12.7. The Balaban J connectivity index is 1.94. The summed E-state index contributed by atoms with van der Waals surface area (Å²) in [4.78, 5) is 17.4. The first-order chi connectivity index (χ1) is 9.95. The van der Waals surface area contributed by atoms with Gasteiger partial charge in [-0.05, 0) is 36.6 Å². The Kier molecular flexibility index (Phi) is 3.44. The lowest BCUT2D eigenvalue weighted by atomic mass is 10.3. The van der Waals surface area contributed by atoms with Crippen molar-refractivity contribution in [1.82, 2.24) is 14.7 Å². The summed E-state index contributed by atoms with van der Waals surface area (Å²) >= 11 is 1.49. The molecule has 21 heavy (non-hydrogen) atoms. The number of hydrogen-bond donors (Lipinski definition) is 3. The average molecular weight is 323 g/mol. The lowest BCUT2D eigenvalue weighted by Crippen LogP contribution is -2.26. The number of nitrogens with one attached hydrogen (secondary N) is 3. The third-order valence-electron chi connectivity index (χ3n) is 3.10. The quantitative estimate of drug-likeness (QED) is 0.685. The van der Waals surface area contributed by atoms with Crippen molar-refractivity contribution < 1.29 is 8.42 Å². The number of rotatable bonds is 4. The maximum atomic E-state index is 12.4. The molecule has 1 aromatic carbocycles. The van der Waals surface area contributed by atoms with Crippen molar-refractivity contribution in [2.75, 3.05) is 0 Å². The minimum atomic E-state index is -3.65. The minimum Gasteiger partial charge on any atom is -0.306 e. The Morgan fingerprint density at radius 2 is 1.95 bits per heavy atom. The number of aromatic nitrogens is 2. The fourth-order valence-electron chi connectivity index (χ4n) is 2.08. The fraction of sp³-hybridized carbons (Fsp3) is 0.154. The van der Waals surface area contributed by atoms with Crippen molar-refractivity contribution in [2.24, 2.45) is 0 Å². The second kappa shape index (κ2) is 5.14. The number of benzene rings is 1. The summed E-state index contributed by atoms with van der Waals surface area (Å²) in [7, 11) is -3.65. The zero-order valence-electron chi connectivity index (χ0n) is 11.1. The Bertz CT molecular complexity index is 923. The molecule has 0 spiro atoms. The number of imidazole rings is 1. The molecule has 0 fully saturated rings. The van der Waals surface area contributed by atoms with Crippen LogP contribution >= 0.6 is 11.3 Å². The molecule has 0 unspecified atom stereocenters. The largest absolute Gasteiger partial charge is 0.323 e. The molecule has 0 aliphatic rings. The molecule has 0 aliphatic heterocycles. The monoisotopic (exact) mass is 323 g/mol. The first-order valence-corrected chi connectivity index (χ1v) is 8.60. The molecule has 0 bridgehead atoms. The highest BCUT2D eigenvalue weighted by Gasteiger charge is 2.19. The smallest absolute Gasteiger partial charge is 0.306 e. The van der Waals surface area contributed by atoms with Gasteiger partial charge in [-0.1, -0.05) is 6.07 Å². The normalized spacial score (nSPS) is 13.6. The van der Waals surface area contributed by atoms with E-state index < -0.39 is 10.0 Å². The molecule has 6 nitrogen and oxygen atoms in total. The summed E-state index contributed by atoms with van der Waals surface area (Å²) in [5, 5.41) is 1.90. The molecule has 0 aliphatic carbocycles. The predicted octanol–water partition coefficient (Wildman–Crippen LogP) is 1.96. The van der Waals surface area contributed by atoms with E-state index in [-0.39, 0.29) is 16.6 Å². The number of thiophene rings is 1. The van der Waals surface area contributed by atoms with Gasteiger partial charge in [0.1, 0.15) is 0 Å². The SMILES string of the molecule is C[C@H](NS(=O)(=O)c1ccc2[nH]c(=O)[nH]c2c1)c1cccs1. The average Bonchev–Trinajstić information content (AvgIpc) is 3.04. The van der Waals surface area contributed by atoms with Crippen LogP contribution in [0, 0.1) is 0 Å². The van der Waals surface area contributed by atoms with E-state index >= 15 is 0 Å². The summed E-state index contributed by atoms with van der Waals surface area (Å²) in [6.07, 6.45) is 0. The van der Waals surface area contributed by atoms with E-state index in [4.69, 9.17) is 0 Å². The molecule has 2 heterocycles.